The highest BCUT2D eigenvalue weighted by Gasteiger charge is 2.38. The quantitative estimate of drug-likeness (QED) is 0.798. The Morgan fingerprint density at radius 1 is 1.13 bits per heavy atom. The fourth-order valence-electron chi connectivity index (χ4n) is 5.40. The SMILES string of the molecule is CC(C)S(=O)(=O)N1CCCC1c1cc2nc3c(c(=O)n2[nH]1)CN(C1CCCC1)CC3. The minimum absolute atomic E-state index is 0.0415. The first-order valence-corrected chi connectivity index (χ1v) is 12.7. The van der Waals surface area contributed by atoms with Crippen LogP contribution >= 0.6 is 0 Å². The van der Waals surface area contributed by atoms with Crippen LogP contribution in [-0.2, 0) is 23.0 Å². The van der Waals surface area contributed by atoms with Crippen molar-refractivity contribution in [3.63, 3.8) is 0 Å². The first-order chi connectivity index (χ1) is 14.4. The monoisotopic (exact) mass is 433 g/mol. The van der Waals surface area contributed by atoms with Gasteiger partial charge in [0.2, 0.25) is 10.0 Å². The molecule has 8 nitrogen and oxygen atoms in total. The van der Waals surface area contributed by atoms with Gasteiger partial charge in [0.05, 0.1) is 28.2 Å². The number of fused-ring (bicyclic) bond motifs is 2. The number of nitrogens with one attached hydrogen (secondary N) is 1. The number of H-pyrrole nitrogens is 1. The number of nitrogens with zero attached hydrogens (tertiary/aromatic N) is 4. The van der Waals surface area contributed by atoms with E-state index in [4.69, 9.17) is 4.98 Å². The molecule has 1 unspecified atom stereocenters. The van der Waals surface area contributed by atoms with Gasteiger partial charge >= 0.3 is 0 Å². The molecule has 30 heavy (non-hydrogen) atoms. The maximum absolute atomic E-state index is 13.3. The molecule has 4 heterocycles. The highest BCUT2D eigenvalue weighted by molar-refractivity contribution is 7.89. The van der Waals surface area contributed by atoms with Gasteiger partial charge in [-0.1, -0.05) is 12.8 Å². The summed E-state index contributed by atoms with van der Waals surface area (Å²) in [6.45, 7) is 5.58. The van der Waals surface area contributed by atoms with Crippen LogP contribution in [0.25, 0.3) is 5.65 Å². The van der Waals surface area contributed by atoms with E-state index >= 15 is 0 Å². The van der Waals surface area contributed by atoms with E-state index < -0.39 is 15.3 Å². The minimum Gasteiger partial charge on any atom is -0.295 e. The first-order valence-electron chi connectivity index (χ1n) is 11.2. The Morgan fingerprint density at radius 2 is 1.90 bits per heavy atom. The Hall–Kier alpha value is -1.71. The second kappa shape index (κ2) is 7.46. The van der Waals surface area contributed by atoms with E-state index in [-0.39, 0.29) is 11.6 Å². The van der Waals surface area contributed by atoms with Crippen molar-refractivity contribution in [2.75, 3.05) is 13.1 Å². The molecular weight excluding hydrogens is 402 g/mol. The second-order valence-corrected chi connectivity index (χ2v) is 11.7. The van der Waals surface area contributed by atoms with Crippen LogP contribution in [0.2, 0.25) is 0 Å². The molecule has 164 valence electrons. The summed E-state index contributed by atoms with van der Waals surface area (Å²) in [4.78, 5) is 20.5. The number of sulfonamides is 1. The third-order valence-electron chi connectivity index (χ3n) is 7.14. The van der Waals surface area contributed by atoms with E-state index in [1.807, 2.05) is 6.07 Å². The molecule has 2 fully saturated rings. The Bertz CT molecular complexity index is 1110. The average molecular weight is 434 g/mol. The minimum atomic E-state index is -3.36. The molecule has 2 aromatic heterocycles. The zero-order chi connectivity index (χ0) is 21.0. The van der Waals surface area contributed by atoms with E-state index in [0.29, 0.717) is 24.8 Å². The molecule has 0 spiro atoms. The maximum atomic E-state index is 13.3. The summed E-state index contributed by atoms with van der Waals surface area (Å²) in [5, 5.41) is 2.74. The van der Waals surface area contributed by atoms with Gasteiger partial charge in [0.1, 0.15) is 0 Å². The maximum Gasteiger partial charge on any atom is 0.277 e. The number of aromatic amines is 1. The summed E-state index contributed by atoms with van der Waals surface area (Å²) in [5.41, 5.74) is 3.00. The highest BCUT2D eigenvalue weighted by Crippen LogP contribution is 2.35. The number of hydrogen-bond acceptors (Lipinski definition) is 5. The Labute approximate surface area is 177 Å². The molecular formula is C21H31N5O3S. The van der Waals surface area contributed by atoms with Crippen LogP contribution in [0.5, 0.6) is 0 Å². The summed E-state index contributed by atoms with van der Waals surface area (Å²) < 4.78 is 28.7. The van der Waals surface area contributed by atoms with Crippen LogP contribution < -0.4 is 5.56 Å². The van der Waals surface area contributed by atoms with Gasteiger partial charge in [-0.15, -0.1) is 0 Å². The lowest BCUT2D eigenvalue weighted by Crippen LogP contribution is -2.41. The molecule has 2 aliphatic heterocycles. The third kappa shape index (κ3) is 3.22. The lowest BCUT2D eigenvalue weighted by molar-refractivity contribution is 0.178. The molecule has 0 radical (unpaired) electrons. The van der Waals surface area contributed by atoms with E-state index in [1.54, 1.807) is 18.2 Å². The van der Waals surface area contributed by atoms with Gasteiger partial charge in [0.25, 0.3) is 5.56 Å². The van der Waals surface area contributed by atoms with Crippen molar-refractivity contribution in [3.8, 4) is 0 Å². The average Bonchev–Trinajstić information content (AvgIpc) is 3.47. The first kappa shape index (κ1) is 20.2. The van der Waals surface area contributed by atoms with E-state index in [0.717, 1.165) is 42.8 Å². The lowest BCUT2D eigenvalue weighted by atomic mass is 10.0. The largest absolute Gasteiger partial charge is 0.295 e. The van der Waals surface area contributed by atoms with Crippen LogP contribution in [0, 0.1) is 0 Å². The van der Waals surface area contributed by atoms with Gasteiger partial charge in [0.15, 0.2) is 5.65 Å². The van der Waals surface area contributed by atoms with Crippen molar-refractivity contribution in [1.82, 2.24) is 23.8 Å². The highest BCUT2D eigenvalue weighted by atomic mass is 32.2. The Balaban J connectivity index is 1.50. The van der Waals surface area contributed by atoms with Gasteiger partial charge in [-0.3, -0.25) is 14.8 Å². The van der Waals surface area contributed by atoms with Crippen molar-refractivity contribution in [2.45, 2.75) is 82.7 Å². The predicted octanol–water partition coefficient (Wildman–Crippen LogP) is 2.20. The number of aromatic nitrogens is 3. The van der Waals surface area contributed by atoms with Crippen LogP contribution in [0.1, 0.15) is 75.4 Å². The zero-order valence-electron chi connectivity index (χ0n) is 17.8. The molecule has 1 saturated heterocycles. The Morgan fingerprint density at radius 3 is 2.63 bits per heavy atom. The number of rotatable bonds is 4. The van der Waals surface area contributed by atoms with Crippen LogP contribution in [0.15, 0.2) is 10.9 Å². The van der Waals surface area contributed by atoms with Gasteiger partial charge in [0, 0.05) is 38.2 Å². The molecule has 1 saturated carbocycles. The van der Waals surface area contributed by atoms with Crippen molar-refractivity contribution in [2.24, 2.45) is 0 Å². The topological polar surface area (TPSA) is 90.8 Å². The van der Waals surface area contributed by atoms with Gasteiger partial charge in [-0.25, -0.2) is 17.9 Å². The van der Waals surface area contributed by atoms with Gasteiger partial charge in [-0.05, 0) is 39.5 Å². The summed E-state index contributed by atoms with van der Waals surface area (Å²) >= 11 is 0. The molecule has 2 aromatic rings. The molecule has 5 rings (SSSR count). The molecule has 0 amide bonds. The summed E-state index contributed by atoms with van der Waals surface area (Å²) in [5.74, 6) is 0. The van der Waals surface area contributed by atoms with Gasteiger partial charge in [-0.2, -0.15) is 4.31 Å². The molecule has 1 aliphatic carbocycles. The zero-order valence-corrected chi connectivity index (χ0v) is 18.6. The smallest absolute Gasteiger partial charge is 0.277 e. The molecule has 1 N–H and O–H groups in total. The molecule has 0 bridgehead atoms. The predicted molar refractivity (Wildman–Crippen MR) is 115 cm³/mol. The molecule has 1 atom stereocenters. The third-order valence-corrected chi connectivity index (χ3v) is 9.42. The summed E-state index contributed by atoms with van der Waals surface area (Å²) in [7, 11) is -3.36. The van der Waals surface area contributed by atoms with E-state index in [9.17, 15) is 13.2 Å². The van der Waals surface area contributed by atoms with Crippen molar-refractivity contribution < 1.29 is 8.42 Å². The fourth-order valence-corrected chi connectivity index (χ4v) is 6.90. The Kier molecular flexibility index (Phi) is 5.02. The van der Waals surface area contributed by atoms with Crippen molar-refractivity contribution >= 4 is 15.7 Å². The fraction of sp³-hybridized carbons (Fsp3) is 0.714. The van der Waals surface area contributed by atoms with Crippen LogP contribution in [0.4, 0.5) is 0 Å². The second-order valence-electron chi connectivity index (χ2n) is 9.27. The van der Waals surface area contributed by atoms with Crippen LogP contribution in [-0.4, -0.2) is 56.6 Å². The summed E-state index contributed by atoms with van der Waals surface area (Å²) in [6.07, 6.45) is 7.38. The van der Waals surface area contributed by atoms with Crippen LogP contribution in [0.3, 0.4) is 0 Å². The molecule has 0 aromatic carbocycles. The molecule has 3 aliphatic rings. The number of hydrogen-bond donors (Lipinski definition) is 1. The standard InChI is InChI=1S/C21H31N5O3S/c1-14(2)30(28,29)25-10-5-8-19(25)18-12-20-22-17-9-11-24(15-6-3-4-7-15)13-16(17)21(27)26(20)23-18/h12,14-15,19,23H,3-11,13H2,1-2H3. The van der Waals surface area contributed by atoms with Gasteiger partial charge < -0.3 is 0 Å². The lowest BCUT2D eigenvalue weighted by Gasteiger charge is -2.32. The van der Waals surface area contributed by atoms with Crippen molar-refractivity contribution in [1.29, 1.82) is 0 Å². The van der Waals surface area contributed by atoms with E-state index in [2.05, 4.69) is 10.00 Å². The summed E-state index contributed by atoms with van der Waals surface area (Å²) in [6, 6.07) is 2.19. The molecule has 9 heteroatoms. The normalized spacial score (nSPS) is 24.3. The van der Waals surface area contributed by atoms with Crippen molar-refractivity contribution in [3.05, 3.63) is 33.4 Å². The van der Waals surface area contributed by atoms with E-state index in [1.165, 1.54) is 30.2 Å².